The quantitative estimate of drug-likeness (QED) is 0.943. The fraction of sp³-hybridized carbons (Fsp3) is 0.368. The molecule has 2 aromatic rings. The Bertz CT molecular complexity index is 651. The molecule has 1 saturated heterocycles. The third-order valence-corrected chi connectivity index (χ3v) is 4.35. The lowest BCUT2D eigenvalue weighted by Crippen LogP contribution is -2.36. The van der Waals surface area contributed by atoms with Gasteiger partial charge in [-0.2, -0.15) is 0 Å². The summed E-state index contributed by atoms with van der Waals surface area (Å²) in [6, 6.07) is 11.6. The second-order valence-corrected chi connectivity index (χ2v) is 6.06. The van der Waals surface area contributed by atoms with E-state index in [1.54, 1.807) is 6.20 Å². The molecule has 4 nitrogen and oxygen atoms in total. The fourth-order valence-electron chi connectivity index (χ4n) is 3.09. The number of carbonyl (C=O) groups is 1. The molecule has 4 heteroatoms. The first kappa shape index (κ1) is 15.7. The van der Waals surface area contributed by atoms with Gasteiger partial charge in [0.15, 0.2) is 0 Å². The molecule has 1 fully saturated rings. The van der Waals surface area contributed by atoms with Gasteiger partial charge in [-0.1, -0.05) is 23.8 Å². The van der Waals surface area contributed by atoms with Gasteiger partial charge in [0, 0.05) is 31.2 Å². The van der Waals surface area contributed by atoms with Crippen molar-refractivity contribution >= 4 is 5.91 Å². The van der Waals surface area contributed by atoms with Crippen molar-refractivity contribution in [3.63, 3.8) is 0 Å². The molecule has 120 valence electrons. The SMILES string of the molecule is Cc1cccc(C(=O)NC(c2cccnc2)C2CCOCC2)c1. The van der Waals surface area contributed by atoms with Gasteiger partial charge in [0.25, 0.3) is 5.91 Å². The van der Waals surface area contributed by atoms with Crippen LogP contribution in [0.3, 0.4) is 0 Å². The first-order valence-electron chi connectivity index (χ1n) is 8.09. The van der Waals surface area contributed by atoms with Crippen LogP contribution in [0.4, 0.5) is 0 Å². The monoisotopic (exact) mass is 310 g/mol. The van der Waals surface area contributed by atoms with Gasteiger partial charge in [-0.05, 0) is 49.4 Å². The van der Waals surface area contributed by atoms with E-state index < -0.39 is 0 Å². The highest BCUT2D eigenvalue weighted by Gasteiger charge is 2.27. The molecule has 0 spiro atoms. The maximum atomic E-state index is 12.7. The Morgan fingerprint density at radius 1 is 1.26 bits per heavy atom. The Morgan fingerprint density at radius 3 is 2.78 bits per heavy atom. The van der Waals surface area contributed by atoms with E-state index in [0.717, 1.165) is 37.2 Å². The maximum absolute atomic E-state index is 12.7. The van der Waals surface area contributed by atoms with Crippen LogP contribution in [0.15, 0.2) is 48.8 Å². The molecule has 1 N–H and O–H groups in total. The minimum atomic E-state index is -0.0333. The van der Waals surface area contributed by atoms with Crippen LogP contribution in [0.2, 0.25) is 0 Å². The molecular formula is C19H22N2O2. The van der Waals surface area contributed by atoms with E-state index in [2.05, 4.69) is 10.3 Å². The number of pyridine rings is 1. The summed E-state index contributed by atoms with van der Waals surface area (Å²) < 4.78 is 5.46. The van der Waals surface area contributed by atoms with Gasteiger partial charge in [0.2, 0.25) is 0 Å². The summed E-state index contributed by atoms with van der Waals surface area (Å²) in [5.74, 6) is 0.343. The molecule has 0 saturated carbocycles. The molecule has 0 bridgehead atoms. The molecule has 1 aromatic heterocycles. The van der Waals surface area contributed by atoms with Gasteiger partial charge >= 0.3 is 0 Å². The van der Waals surface area contributed by atoms with E-state index in [9.17, 15) is 4.79 Å². The van der Waals surface area contributed by atoms with Crippen LogP contribution in [0, 0.1) is 12.8 Å². The number of nitrogens with zero attached hydrogens (tertiary/aromatic N) is 1. The highest BCUT2D eigenvalue weighted by atomic mass is 16.5. The van der Waals surface area contributed by atoms with E-state index in [-0.39, 0.29) is 11.9 Å². The molecule has 1 atom stereocenters. The van der Waals surface area contributed by atoms with E-state index in [1.165, 1.54) is 0 Å². The zero-order chi connectivity index (χ0) is 16.1. The number of nitrogens with one attached hydrogen (secondary N) is 1. The minimum absolute atomic E-state index is 0.0272. The second-order valence-electron chi connectivity index (χ2n) is 6.06. The predicted molar refractivity (Wildman–Crippen MR) is 89.2 cm³/mol. The van der Waals surface area contributed by atoms with Gasteiger partial charge in [-0.15, -0.1) is 0 Å². The maximum Gasteiger partial charge on any atom is 0.251 e. The van der Waals surface area contributed by atoms with E-state index in [0.29, 0.717) is 11.5 Å². The van der Waals surface area contributed by atoms with Crippen LogP contribution >= 0.6 is 0 Å². The number of carbonyl (C=O) groups excluding carboxylic acids is 1. The smallest absolute Gasteiger partial charge is 0.251 e. The number of hydrogen-bond donors (Lipinski definition) is 1. The summed E-state index contributed by atoms with van der Waals surface area (Å²) in [5, 5.41) is 3.21. The third kappa shape index (κ3) is 3.96. The van der Waals surface area contributed by atoms with Crippen LogP contribution in [-0.2, 0) is 4.74 Å². The number of benzene rings is 1. The lowest BCUT2D eigenvalue weighted by molar-refractivity contribution is 0.0513. The number of ether oxygens (including phenoxy) is 1. The van der Waals surface area contributed by atoms with Crippen molar-refractivity contribution in [2.75, 3.05) is 13.2 Å². The van der Waals surface area contributed by atoms with Gasteiger partial charge in [0.1, 0.15) is 0 Å². The molecule has 1 aliphatic rings. The summed E-state index contributed by atoms with van der Waals surface area (Å²) in [6.45, 7) is 3.50. The molecule has 1 unspecified atom stereocenters. The first-order valence-corrected chi connectivity index (χ1v) is 8.09. The third-order valence-electron chi connectivity index (χ3n) is 4.35. The number of rotatable bonds is 4. The van der Waals surface area contributed by atoms with E-state index in [1.807, 2.05) is 49.5 Å². The average molecular weight is 310 g/mol. The first-order chi connectivity index (χ1) is 11.2. The molecule has 1 amide bonds. The van der Waals surface area contributed by atoms with Gasteiger partial charge in [-0.3, -0.25) is 9.78 Å². The van der Waals surface area contributed by atoms with Crippen molar-refractivity contribution < 1.29 is 9.53 Å². The molecule has 2 heterocycles. The molecular weight excluding hydrogens is 288 g/mol. The van der Waals surface area contributed by atoms with Crippen LogP contribution < -0.4 is 5.32 Å². The van der Waals surface area contributed by atoms with Crippen molar-refractivity contribution in [3.8, 4) is 0 Å². The zero-order valence-corrected chi connectivity index (χ0v) is 13.4. The molecule has 0 aliphatic carbocycles. The number of aryl methyl sites for hydroxylation is 1. The summed E-state index contributed by atoms with van der Waals surface area (Å²) in [5.41, 5.74) is 2.84. The lowest BCUT2D eigenvalue weighted by atomic mass is 9.87. The highest BCUT2D eigenvalue weighted by Crippen LogP contribution is 2.30. The summed E-state index contributed by atoms with van der Waals surface area (Å²) in [6.07, 6.45) is 5.50. The predicted octanol–water partition coefficient (Wildman–Crippen LogP) is 3.29. The second kappa shape index (κ2) is 7.38. The summed E-state index contributed by atoms with van der Waals surface area (Å²) in [4.78, 5) is 16.9. The molecule has 3 rings (SSSR count). The number of aromatic nitrogens is 1. The summed E-state index contributed by atoms with van der Waals surface area (Å²) >= 11 is 0. The Morgan fingerprint density at radius 2 is 2.09 bits per heavy atom. The van der Waals surface area contributed by atoms with Crippen molar-refractivity contribution in [3.05, 3.63) is 65.5 Å². The van der Waals surface area contributed by atoms with Crippen LogP contribution in [0.25, 0.3) is 0 Å². The Labute approximate surface area is 136 Å². The van der Waals surface area contributed by atoms with Gasteiger partial charge in [0.05, 0.1) is 6.04 Å². The van der Waals surface area contributed by atoms with Crippen LogP contribution in [-0.4, -0.2) is 24.1 Å². The molecule has 23 heavy (non-hydrogen) atoms. The van der Waals surface area contributed by atoms with Crippen molar-refractivity contribution in [2.24, 2.45) is 5.92 Å². The summed E-state index contributed by atoms with van der Waals surface area (Å²) in [7, 11) is 0. The largest absolute Gasteiger partial charge is 0.381 e. The Kier molecular flexibility index (Phi) is 5.03. The Hall–Kier alpha value is -2.20. The molecule has 0 radical (unpaired) electrons. The average Bonchev–Trinajstić information content (AvgIpc) is 2.61. The lowest BCUT2D eigenvalue weighted by Gasteiger charge is -2.31. The molecule has 1 aliphatic heterocycles. The van der Waals surface area contributed by atoms with Gasteiger partial charge in [-0.25, -0.2) is 0 Å². The number of hydrogen-bond acceptors (Lipinski definition) is 3. The van der Waals surface area contributed by atoms with E-state index in [4.69, 9.17) is 4.74 Å². The van der Waals surface area contributed by atoms with Crippen LogP contribution in [0.5, 0.6) is 0 Å². The normalized spacial score (nSPS) is 16.7. The van der Waals surface area contributed by atoms with E-state index >= 15 is 0 Å². The zero-order valence-electron chi connectivity index (χ0n) is 13.4. The standard InChI is InChI=1S/C19H22N2O2/c1-14-4-2-5-16(12-14)19(22)21-18(15-7-10-23-11-8-15)17-6-3-9-20-13-17/h2-6,9,12-13,15,18H,7-8,10-11H2,1H3,(H,21,22). The molecule has 1 aromatic carbocycles. The minimum Gasteiger partial charge on any atom is -0.381 e. The van der Waals surface area contributed by atoms with Crippen molar-refractivity contribution in [1.29, 1.82) is 0 Å². The highest BCUT2D eigenvalue weighted by molar-refractivity contribution is 5.94. The van der Waals surface area contributed by atoms with Gasteiger partial charge < -0.3 is 10.1 Å². The number of amides is 1. The topological polar surface area (TPSA) is 51.2 Å². The Balaban J connectivity index is 1.82. The van der Waals surface area contributed by atoms with Crippen LogP contribution in [0.1, 0.15) is 40.4 Å². The van der Waals surface area contributed by atoms with Crippen molar-refractivity contribution in [2.45, 2.75) is 25.8 Å². The van der Waals surface area contributed by atoms with Crippen molar-refractivity contribution in [1.82, 2.24) is 10.3 Å². The fourth-order valence-corrected chi connectivity index (χ4v) is 3.09.